The minimum atomic E-state index is -0.995. The number of amides is 1. The second kappa shape index (κ2) is 9.38. The normalized spacial score (nSPS) is 22.4. The second-order valence-corrected chi connectivity index (χ2v) is 10.1. The van der Waals surface area contributed by atoms with Crippen molar-refractivity contribution in [1.82, 2.24) is 4.90 Å². The molecule has 2 fully saturated rings. The molecule has 2 heterocycles. The molecule has 1 amide bonds. The molecule has 2 aliphatic heterocycles. The number of piperidine rings is 1. The zero-order chi connectivity index (χ0) is 25.7. The standard InChI is InChI=1S/C30H27F2NO4/c1-17-21(10-11-27(31)28(17)32)29(34)18-12-19-14-36-15-20(13-18)33(19)30(35)37-16-26-24-8-4-2-6-22(24)23-7-3-5-9-25(23)26/h2-11,18-20,26H,12-16H2,1H3. The van der Waals surface area contributed by atoms with Crippen molar-refractivity contribution < 1.29 is 27.8 Å². The first kappa shape index (κ1) is 23.8. The Hall–Kier alpha value is -3.58. The van der Waals surface area contributed by atoms with Gasteiger partial charge in [0.2, 0.25) is 0 Å². The van der Waals surface area contributed by atoms with Crippen molar-refractivity contribution in [1.29, 1.82) is 0 Å². The molecule has 0 saturated carbocycles. The first-order valence-corrected chi connectivity index (χ1v) is 12.6. The summed E-state index contributed by atoms with van der Waals surface area (Å²) < 4.78 is 39.3. The molecule has 2 bridgehead atoms. The third-order valence-corrected chi connectivity index (χ3v) is 8.04. The second-order valence-electron chi connectivity index (χ2n) is 10.1. The van der Waals surface area contributed by atoms with Crippen molar-refractivity contribution in [2.24, 2.45) is 5.92 Å². The van der Waals surface area contributed by atoms with E-state index in [4.69, 9.17) is 9.47 Å². The summed E-state index contributed by atoms with van der Waals surface area (Å²) in [5.41, 5.74) is 4.83. The van der Waals surface area contributed by atoms with Crippen LogP contribution in [0.1, 0.15) is 45.8 Å². The highest BCUT2D eigenvalue weighted by atomic mass is 19.2. The van der Waals surface area contributed by atoms with E-state index in [2.05, 4.69) is 24.3 Å². The topological polar surface area (TPSA) is 55.8 Å². The number of halogens is 2. The zero-order valence-corrected chi connectivity index (χ0v) is 20.5. The van der Waals surface area contributed by atoms with Crippen LogP contribution in [-0.2, 0) is 9.47 Å². The first-order chi connectivity index (χ1) is 17.9. The lowest BCUT2D eigenvalue weighted by Gasteiger charge is -2.47. The fourth-order valence-electron chi connectivity index (χ4n) is 6.23. The fraction of sp³-hybridized carbons (Fsp3) is 0.333. The van der Waals surface area contributed by atoms with Crippen LogP contribution >= 0.6 is 0 Å². The Morgan fingerprint density at radius 3 is 2.14 bits per heavy atom. The zero-order valence-electron chi connectivity index (χ0n) is 20.5. The molecule has 2 unspecified atom stereocenters. The van der Waals surface area contributed by atoms with Crippen LogP contribution in [0.4, 0.5) is 13.6 Å². The Balaban J connectivity index is 1.17. The van der Waals surface area contributed by atoms with Crippen molar-refractivity contribution in [3.05, 3.63) is 94.6 Å². The average molecular weight is 504 g/mol. The molecule has 2 atom stereocenters. The van der Waals surface area contributed by atoms with E-state index in [1.807, 2.05) is 24.3 Å². The predicted octanol–water partition coefficient (Wildman–Crippen LogP) is 5.88. The predicted molar refractivity (Wildman–Crippen MR) is 133 cm³/mol. The Bertz CT molecular complexity index is 1330. The van der Waals surface area contributed by atoms with E-state index in [1.165, 1.54) is 13.0 Å². The molecule has 3 aromatic carbocycles. The van der Waals surface area contributed by atoms with E-state index < -0.39 is 23.6 Å². The quantitative estimate of drug-likeness (QED) is 0.417. The van der Waals surface area contributed by atoms with Crippen LogP contribution < -0.4 is 0 Å². The van der Waals surface area contributed by atoms with Gasteiger partial charge in [-0.3, -0.25) is 9.69 Å². The monoisotopic (exact) mass is 503 g/mol. The van der Waals surface area contributed by atoms with Crippen LogP contribution in [-0.4, -0.2) is 48.7 Å². The minimum absolute atomic E-state index is 0.0189. The average Bonchev–Trinajstić information content (AvgIpc) is 3.23. The Labute approximate surface area is 214 Å². The van der Waals surface area contributed by atoms with Crippen molar-refractivity contribution in [3.63, 3.8) is 0 Å². The number of ketones is 1. The molecular formula is C30H27F2NO4. The van der Waals surface area contributed by atoms with Crippen molar-refractivity contribution >= 4 is 11.9 Å². The summed E-state index contributed by atoms with van der Waals surface area (Å²) in [5, 5.41) is 0. The van der Waals surface area contributed by atoms with Gasteiger partial charge in [0.1, 0.15) is 6.61 Å². The van der Waals surface area contributed by atoms with Crippen LogP contribution in [0.2, 0.25) is 0 Å². The van der Waals surface area contributed by atoms with E-state index in [0.717, 1.165) is 28.3 Å². The number of hydrogen-bond acceptors (Lipinski definition) is 4. The number of fused-ring (bicyclic) bond motifs is 5. The Morgan fingerprint density at radius 2 is 1.51 bits per heavy atom. The van der Waals surface area contributed by atoms with E-state index >= 15 is 0 Å². The van der Waals surface area contributed by atoms with Gasteiger partial charge in [0, 0.05) is 17.4 Å². The van der Waals surface area contributed by atoms with Crippen LogP contribution in [0.5, 0.6) is 0 Å². The van der Waals surface area contributed by atoms with Gasteiger partial charge in [0.25, 0.3) is 0 Å². The van der Waals surface area contributed by atoms with Crippen LogP contribution in [0.3, 0.4) is 0 Å². The molecular weight excluding hydrogens is 476 g/mol. The summed E-state index contributed by atoms with van der Waals surface area (Å²) in [6.07, 6.45) is 0.366. The van der Waals surface area contributed by atoms with Gasteiger partial charge < -0.3 is 9.47 Å². The summed E-state index contributed by atoms with van der Waals surface area (Å²) in [4.78, 5) is 28.3. The molecule has 37 heavy (non-hydrogen) atoms. The number of ether oxygens (including phenoxy) is 2. The molecule has 5 nitrogen and oxygen atoms in total. The molecule has 2 saturated heterocycles. The van der Waals surface area contributed by atoms with E-state index in [9.17, 15) is 18.4 Å². The van der Waals surface area contributed by atoms with Gasteiger partial charge in [0.05, 0.1) is 25.3 Å². The molecule has 3 aliphatic rings. The summed E-state index contributed by atoms with van der Waals surface area (Å²) in [7, 11) is 0. The smallest absolute Gasteiger partial charge is 0.410 e. The molecule has 190 valence electrons. The maximum Gasteiger partial charge on any atom is 0.410 e. The number of nitrogens with zero attached hydrogens (tertiary/aromatic N) is 1. The van der Waals surface area contributed by atoms with Crippen LogP contribution in [0.15, 0.2) is 60.7 Å². The summed E-state index contributed by atoms with van der Waals surface area (Å²) in [6, 6.07) is 18.1. The maximum absolute atomic E-state index is 14.1. The maximum atomic E-state index is 14.1. The number of carbonyl (C=O) groups excluding carboxylic acids is 2. The Kier molecular flexibility index (Phi) is 6.03. The third-order valence-electron chi connectivity index (χ3n) is 8.04. The molecule has 1 aliphatic carbocycles. The minimum Gasteiger partial charge on any atom is -0.448 e. The number of Topliss-reactive ketones (excluding diaryl/α,β-unsaturated/α-hetero) is 1. The van der Waals surface area contributed by atoms with Gasteiger partial charge in [-0.15, -0.1) is 0 Å². The highest BCUT2D eigenvalue weighted by Crippen LogP contribution is 2.45. The highest BCUT2D eigenvalue weighted by Gasteiger charge is 2.45. The molecule has 0 spiro atoms. The molecule has 0 N–H and O–H groups in total. The van der Waals surface area contributed by atoms with E-state index in [1.54, 1.807) is 4.90 Å². The van der Waals surface area contributed by atoms with Gasteiger partial charge in [-0.25, -0.2) is 13.6 Å². The Morgan fingerprint density at radius 1 is 0.919 bits per heavy atom. The van der Waals surface area contributed by atoms with E-state index in [-0.39, 0.29) is 41.5 Å². The SMILES string of the molecule is Cc1c(C(=O)C2CC3COCC(C2)N3C(=O)OCC2c3ccccc3-c3ccccc32)ccc(F)c1F. The van der Waals surface area contributed by atoms with Gasteiger partial charge in [-0.2, -0.15) is 0 Å². The van der Waals surface area contributed by atoms with Crippen molar-refractivity contribution in [2.75, 3.05) is 19.8 Å². The lowest BCUT2D eigenvalue weighted by Crippen LogP contribution is -2.60. The van der Waals surface area contributed by atoms with Gasteiger partial charge in [-0.05, 0) is 59.7 Å². The summed E-state index contributed by atoms with van der Waals surface area (Å²) in [6.45, 7) is 2.25. The molecule has 0 aromatic heterocycles. The number of hydrogen-bond donors (Lipinski definition) is 0. The van der Waals surface area contributed by atoms with Gasteiger partial charge >= 0.3 is 6.09 Å². The number of benzene rings is 3. The van der Waals surface area contributed by atoms with E-state index in [0.29, 0.717) is 26.1 Å². The lowest BCUT2D eigenvalue weighted by atomic mass is 9.80. The molecule has 3 aromatic rings. The molecule has 7 heteroatoms. The first-order valence-electron chi connectivity index (χ1n) is 12.6. The fourth-order valence-corrected chi connectivity index (χ4v) is 6.23. The van der Waals surface area contributed by atoms with Crippen LogP contribution in [0.25, 0.3) is 11.1 Å². The van der Waals surface area contributed by atoms with Gasteiger partial charge in [0.15, 0.2) is 17.4 Å². The highest BCUT2D eigenvalue weighted by molar-refractivity contribution is 5.99. The van der Waals surface area contributed by atoms with Gasteiger partial charge in [-0.1, -0.05) is 48.5 Å². The lowest BCUT2D eigenvalue weighted by molar-refractivity contribution is -0.0747. The molecule has 0 radical (unpaired) electrons. The number of morpholine rings is 1. The largest absolute Gasteiger partial charge is 0.448 e. The summed E-state index contributed by atoms with van der Waals surface area (Å²) >= 11 is 0. The third kappa shape index (κ3) is 4.02. The van der Waals surface area contributed by atoms with Crippen LogP contribution in [0, 0.1) is 24.5 Å². The molecule has 6 rings (SSSR count). The van der Waals surface area contributed by atoms with Crippen molar-refractivity contribution in [3.8, 4) is 11.1 Å². The summed E-state index contributed by atoms with van der Waals surface area (Å²) in [5.74, 6) is -2.63. The van der Waals surface area contributed by atoms with Crippen molar-refractivity contribution in [2.45, 2.75) is 37.8 Å². The number of rotatable bonds is 4. The number of carbonyl (C=O) groups is 2.